The molecule has 94 valence electrons. The lowest BCUT2D eigenvalue weighted by molar-refractivity contribution is -0.148. The second kappa shape index (κ2) is 4.35. The van der Waals surface area contributed by atoms with Gasteiger partial charge < -0.3 is 15.7 Å². The molecule has 2 amide bonds. The zero-order chi connectivity index (χ0) is 12.5. The monoisotopic (exact) mass is 240 g/mol. The molecule has 0 spiro atoms. The van der Waals surface area contributed by atoms with Gasteiger partial charge in [-0.2, -0.15) is 0 Å². The number of hydrogen-bond acceptors (Lipinski definition) is 3. The SMILES string of the molecule is O=C1CC(C(=O)NC2(C(=O)O)CCCC2)CN1. The quantitative estimate of drug-likeness (QED) is 0.627. The zero-order valence-corrected chi connectivity index (χ0v) is 9.49. The topological polar surface area (TPSA) is 95.5 Å². The Bertz CT molecular complexity index is 360. The lowest BCUT2D eigenvalue weighted by Gasteiger charge is -2.26. The van der Waals surface area contributed by atoms with Gasteiger partial charge in [0.1, 0.15) is 5.54 Å². The van der Waals surface area contributed by atoms with Gasteiger partial charge in [-0.15, -0.1) is 0 Å². The van der Waals surface area contributed by atoms with Crippen molar-refractivity contribution in [1.29, 1.82) is 0 Å². The highest BCUT2D eigenvalue weighted by atomic mass is 16.4. The summed E-state index contributed by atoms with van der Waals surface area (Å²) in [5, 5.41) is 14.4. The van der Waals surface area contributed by atoms with E-state index in [0.717, 1.165) is 12.8 Å². The Morgan fingerprint density at radius 2 is 2.00 bits per heavy atom. The minimum Gasteiger partial charge on any atom is -0.480 e. The Morgan fingerprint density at radius 1 is 1.35 bits per heavy atom. The van der Waals surface area contributed by atoms with Gasteiger partial charge in [0.25, 0.3) is 0 Å². The largest absolute Gasteiger partial charge is 0.480 e. The molecule has 1 atom stereocenters. The van der Waals surface area contributed by atoms with E-state index in [4.69, 9.17) is 0 Å². The Hall–Kier alpha value is -1.59. The third kappa shape index (κ3) is 2.25. The minimum atomic E-state index is -1.11. The van der Waals surface area contributed by atoms with Crippen LogP contribution in [0.15, 0.2) is 0 Å². The molecular formula is C11H16N2O4. The standard InChI is InChI=1S/C11H16N2O4/c14-8-5-7(6-12-8)9(15)13-11(10(16)17)3-1-2-4-11/h7H,1-6H2,(H,12,14)(H,13,15)(H,16,17). The van der Waals surface area contributed by atoms with Crippen LogP contribution in [0.1, 0.15) is 32.1 Å². The molecule has 1 heterocycles. The summed E-state index contributed by atoms with van der Waals surface area (Å²) in [6, 6.07) is 0. The molecule has 2 rings (SSSR count). The Labute approximate surface area is 98.8 Å². The summed E-state index contributed by atoms with van der Waals surface area (Å²) < 4.78 is 0. The minimum absolute atomic E-state index is 0.152. The van der Waals surface area contributed by atoms with Crippen LogP contribution in [-0.2, 0) is 14.4 Å². The first kappa shape index (κ1) is 11.9. The van der Waals surface area contributed by atoms with Gasteiger partial charge in [-0.05, 0) is 12.8 Å². The first-order valence-electron chi connectivity index (χ1n) is 5.86. The first-order chi connectivity index (χ1) is 8.03. The van der Waals surface area contributed by atoms with E-state index in [9.17, 15) is 19.5 Å². The summed E-state index contributed by atoms with van der Waals surface area (Å²) in [7, 11) is 0. The normalized spacial score (nSPS) is 26.6. The number of aliphatic carboxylic acids is 1. The molecule has 0 aromatic rings. The van der Waals surface area contributed by atoms with Gasteiger partial charge in [0, 0.05) is 13.0 Å². The third-order valence-corrected chi connectivity index (χ3v) is 3.58. The maximum Gasteiger partial charge on any atom is 0.329 e. The van der Waals surface area contributed by atoms with Crippen LogP contribution >= 0.6 is 0 Å². The molecule has 0 bridgehead atoms. The maximum atomic E-state index is 11.9. The molecule has 1 unspecified atom stereocenters. The fourth-order valence-electron chi connectivity index (χ4n) is 2.50. The fourth-order valence-corrected chi connectivity index (χ4v) is 2.50. The van der Waals surface area contributed by atoms with E-state index in [2.05, 4.69) is 10.6 Å². The van der Waals surface area contributed by atoms with Gasteiger partial charge in [-0.1, -0.05) is 12.8 Å². The molecule has 6 nitrogen and oxygen atoms in total. The van der Waals surface area contributed by atoms with E-state index in [1.54, 1.807) is 0 Å². The van der Waals surface area contributed by atoms with Crippen molar-refractivity contribution in [2.45, 2.75) is 37.6 Å². The molecule has 17 heavy (non-hydrogen) atoms. The van der Waals surface area contributed by atoms with Crippen molar-refractivity contribution < 1.29 is 19.5 Å². The molecule has 1 saturated carbocycles. The second-order valence-electron chi connectivity index (χ2n) is 4.79. The average Bonchev–Trinajstić information content (AvgIpc) is 2.87. The molecule has 2 fully saturated rings. The highest BCUT2D eigenvalue weighted by molar-refractivity contribution is 5.92. The van der Waals surface area contributed by atoms with E-state index < -0.39 is 17.4 Å². The van der Waals surface area contributed by atoms with Crippen LogP contribution in [0, 0.1) is 5.92 Å². The molecule has 1 saturated heterocycles. The van der Waals surface area contributed by atoms with Crippen molar-refractivity contribution in [2.75, 3.05) is 6.54 Å². The van der Waals surface area contributed by atoms with Crippen LogP contribution in [0.2, 0.25) is 0 Å². The highest BCUT2D eigenvalue weighted by Gasteiger charge is 2.44. The molecule has 1 aliphatic carbocycles. The molecule has 0 aromatic carbocycles. The van der Waals surface area contributed by atoms with E-state index in [0.29, 0.717) is 19.4 Å². The lowest BCUT2D eigenvalue weighted by atomic mass is 9.96. The van der Waals surface area contributed by atoms with Crippen molar-refractivity contribution in [3.05, 3.63) is 0 Å². The van der Waals surface area contributed by atoms with Crippen LogP contribution in [0.4, 0.5) is 0 Å². The smallest absolute Gasteiger partial charge is 0.329 e. The fraction of sp³-hybridized carbons (Fsp3) is 0.727. The van der Waals surface area contributed by atoms with Gasteiger partial charge in [-0.3, -0.25) is 9.59 Å². The Kier molecular flexibility index (Phi) is 3.04. The van der Waals surface area contributed by atoms with Crippen LogP contribution in [0.3, 0.4) is 0 Å². The van der Waals surface area contributed by atoms with E-state index in [1.807, 2.05) is 0 Å². The van der Waals surface area contributed by atoms with Gasteiger partial charge in [0.15, 0.2) is 0 Å². The summed E-state index contributed by atoms with van der Waals surface area (Å²) in [5.41, 5.74) is -1.11. The highest BCUT2D eigenvalue weighted by Crippen LogP contribution is 2.30. The molecule has 6 heteroatoms. The van der Waals surface area contributed by atoms with E-state index in [-0.39, 0.29) is 18.2 Å². The summed E-state index contributed by atoms with van der Waals surface area (Å²) in [5.74, 6) is -1.88. The number of hydrogen-bond donors (Lipinski definition) is 3. The van der Waals surface area contributed by atoms with Crippen molar-refractivity contribution >= 4 is 17.8 Å². The predicted octanol–water partition coefficient (Wildman–Crippen LogP) is -0.364. The van der Waals surface area contributed by atoms with Gasteiger partial charge >= 0.3 is 5.97 Å². The summed E-state index contributed by atoms with van der Waals surface area (Å²) in [6.07, 6.45) is 2.73. The van der Waals surface area contributed by atoms with Gasteiger partial charge in [0.05, 0.1) is 5.92 Å². The molecule has 0 aromatic heterocycles. The van der Waals surface area contributed by atoms with Crippen LogP contribution in [0.25, 0.3) is 0 Å². The van der Waals surface area contributed by atoms with Crippen LogP contribution in [0.5, 0.6) is 0 Å². The number of carbonyl (C=O) groups is 3. The van der Waals surface area contributed by atoms with Crippen LogP contribution in [-0.4, -0.2) is 35.0 Å². The average molecular weight is 240 g/mol. The van der Waals surface area contributed by atoms with Crippen molar-refractivity contribution in [2.24, 2.45) is 5.92 Å². The Morgan fingerprint density at radius 3 is 2.47 bits per heavy atom. The molecular weight excluding hydrogens is 224 g/mol. The predicted molar refractivity (Wildman–Crippen MR) is 58.1 cm³/mol. The molecule has 2 aliphatic rings. The zero-order valence-electron chi connectivity index (χ0n) is 9.49. The van der Waals surface area contributed by atoms with Crippen molar-refractivity contribution in [3.8, 4) is 0 Å². The number of rotatable bonds is 3. The molecule has 1 aliphatic heterocycles. The number of carboxylic acid groups (broad SMARTS) is 1. The summed E-state index contributed by atoms with van der Waals surface area (Å²) in [6.45, 7) is 0.306. The van der Waals surface area contributed by atoms with E-state index >= 15 is 0 Å². The summed E-state index contributed by atoms with van der Waals surface area (Å²) >= 11 is 0. The number of carbonyl (C=O) groups excluding carboxylic acids is 2. The van der Waals surface area contributed by atoms with E-state index in [1.165, 1.54) is 0 Å². The second-order valence-corrected chi connectivity index (χ2v) is 4.79. The maximum absolute atomic E-state index is 11.9. The number of nitrogens with one attached hydrogen (secondary N) is 2. The number of amides is 2. The molecule has 0 radical (unpaired) electrons. The van der Waals surface area contributed by atoms with Crippen LogP contribution < -0.4 is 10.6 Å². The molecule has 3 N–H and O–H groups in total. The van der Waals surface area contributed by atoms with Gasteiger partial charge in [-0.25, -0.2) is 4.79 Å². The first-order valence-corrected chi connectivity index (χ1v) is 5.86. The van der Waals surface area contributed by atoms with Crippen molar-refractivity contribution in [3.63, 3.8) is 0 Å². The Balaban J connectivity index is 2.01. The summed E-state index contributed by atoms with van der Waals surface area (Å²) in [4.78, 5) is 34.1. The van der Waals surface area contributed by atoms with Gasteiger partial charge in [0.2, 0.25) is 11.8 Å². The third-order valence-electron chi connectivity index (χ3n) is 3.58. The van der Waals surface area contributed by atoms with Crippen molar-refractivity contribution in [1.82, 2.24) is 10.6 Å². The lowest BCUT2D eigenvalue weighted by Crippen LogP contribution is -2.54. The number of carboxylic acids is 1.